The van der Waals surface area contributed by atoms with Crippen LogP contribution in [0.5, 0.6) is 0 Å². The Bertz CT molecular complexity index is 3370. The maximum atomic E-state index is 14.1. The zero-order valence-corrected chi connectivity index (χ0v) is 33.6. The highest BCUT2D eigenvalue weighted by atomic mass is 19.4. The molecule has 0 saturated carbocycles. The lowest BCUT2D eigenvalue weighted by Gasteiger charge is -2.19. The third-order valence-corrected chi connectivity index (χ3v) is 11.0. The van der Waals surface area contributed by atoms with E-state index >= 15 is 0 Å². The Morgan fingerprint density at radius 3 is 1.42 bits per heavy atom. The minimum absolute atomic E-state index is 0.184. The predicted octanol–water partition coefficient (Wildman–Crippen LogP) is 11.9. The van der Waals surface area contributed by atoms with E-state index in [0.29, 0.717) is 51.9 Å². The summed E-state index contributed by atoms with van der Waals surface area (Å²) in [6.45, 7) is 15.3. The van der Waals surface area contributed by atoms with E-state index in [1.165, 1.54) is 6.07 Å². The van der Waals surface area contributed by atoms with Gasteiger partial charge in [0, 0.05) is 38.2 Å². The number of aryl methyl sites for hydroxylation is 4. The largest absolute Gasteiger partial charge is 0.415 e. The van der Waals surface area contributed by atoms with Crippen molar-refractivity contribution in [1.29, 1.82) is 5.26 Å². The summed E-state index contributed by atoms with van der Waals surface area (Å²) in [6.07, 6.45) is -4.66. The molecular formula is C49H31F3N10. The molecule has 4 heterocycles. The molecule has 0 unspecified atom stereocenters. The van der Waals surface area contributed by atoms with Crippen molar-refractivity contribution >= 4 is 49.3 Å². The first-order chi connectivity index (χ1) is 29.9. The van der Waals surface area contributed by atoms with Gasteiger partial charge in [0.05, 0.1) is 40.0 Å². The molecule has 6 aromatic carbocycles. The summed E-state index contributed by atoms with van der Waals surface area (Å²) in [4.78, 5) is 30.9. The predicted molar refractivity (Wildman–Crippen MR) is 233 cm³/mol. The molecule has 0 radical (unpaired) electrons. The van der Waals surface area contributed by atoms with Gasteiger partial charge in [-0.1, -0.05) is 72.8 Å². The van der Waals surface area contributed by atoms with Crippen LogP contribution < -0.4 is 0 Å². The summed E-state index contributed by atoms with van der Waals surface area (Å²) in [5.41, 5.74) is 5.27. The number of benzene rings is 6. The first-order valence-corrected chi connectivity index (χ1v) is 19.5. The van der Waals surface area contributed by atoms with Crippen LogP contribution in [0.1, 0.15) is 34.4 Å². The molecule has 13 heteroatoms. The summed E-state index contributed by atoms with van der Waals surface area (Å²) < 4.78 is 46.2. The Labute approximate surface area is 352 Å². The van der Waals surface area contributed by atoms with Crippen LogP contribution in [0.2, 0.25) is 0 Å². The van der Waals surface area contributed by atoms with Crippen molar-refractivity contribution in [3.05, 3.63) is 161 Å². The lowest BCUT2D eigenvalue weighted by atomic mass is 9.97. The van der Waals surface area contributed by atoms with Crippen LogP contribution in [-0.2, 0) is 6.18 Å². The first-order valence-electron chi connectivity index (χ1n) is 19.5. The number of alkyl halides is 3. The van der Waals surface area contributed by atoms with E-state index in [-0.39, 0.29) is 16.8 Å². The van der Waals surface area contributed by atoms with Gasteiger partial charge in [0.2, 0.25) is 0 Å². The number of hydrogen-bond donors (Lipinski definition) is 0. The lowest BCUT2D eigenvalue weighted by molar-refractivity contribution is -0.137. The molecule has 62 heavy (non-hydrogen) atoms. The zero-order valence-electron chi connectivity index (χ0n) is 33.6. The molecular weight excluding hydrogens is 786 g/mol. The van der Waals surface area contributed by atoms with Gasteiger partial charge in [-0.3, -0.25) is 0 Å². The second-order valence-electron chi connectivity index (χ2n) is 15.0. The molecule has 4 aromatic heterocycles. The second-order valence-corrected chi connectivity index (χ2v) is 15.0. The molecule has 0 aliphatic heterocycles. The van der Waals surface area contributed by atoms with Crippen molar-refractivity contribution in [3.63, 3.8) is 0 Å². The normalized spacial score (nSPS) is 11.8. The molecule has 10 aromatic rings. The quantitative estimate of drug-likeness (QED) is 0.159. The monoisotopic (exact) mass is 816 g/mol. The molecule has 0 fully saturated rings. The fourth-order valence-corrected chi connectivity index (χ4v) is 8.51. The van der Waals surface area contributed by atoms with Gasteiger partial charge in [0.25, 0.3) is 0 Å². The minimum atomic E-state index is -4.66. The molecule has 0 N–H and O–H groups in total. The highest BCUT2D eigenvalue weighted by molar-refractivity contribution is 6.12. The smallest absolute Gasteiger partial charge is 0.308 e. The number of rotatable bonds is 5. The molecule has 0 spiro atoms. The van der Waals surface area contributed by atoms with Gasteiger partial charge in [-0.2, -0.15) is 18.4 Å². The van der Waals surface area contributed by atoms with Crippen LogP contribution in [0, 0.1) is 45.6 Å². The molecule has 0 saturated heterocycles. The number of halogens is 3. The van der Waals surface area contributed by atoms with Crippen molar-refractivity contribution in [2.24, 2.45) is 0 Å². The number of hydrogen-bond acceptors (Lipinski definition) is 7. The summed E-state index contributed by atoms with van der Waals surface area (Å²) in [6, 6.07) is 36.8. The number of para-hydroxylation sites is 2. The summed E-state index contributed by atoms with van der Waals surface area (Å²) in [5.74, 6) is 3.25. The number of aromatic nitrogens is 8. The molecule has 0 aliphatic carbocycles. The van der Waals surface area contributed by atoms with E-state index < -0.39 is 11.7 Å². The third-order valence-electron chi connectivity index (χ3n) is 11.0. The molecule has 10 nitrogen and oxygen atoms in total. The molecule has 298 valence electrons. The van der Waals surface area contributed by atoms with Gasteiger partial charge in [0.15, 0.2) is 17.3 Å². The van der Waals surface area contributed by atoms with Crippen molar-refractivity contribution in [1.82, 2.24) is 39.0 Å². The number of nitriles is 1. The van der Waals surface area contributed by atoms with Gasteiger partial charge >= 0.3 is 6.18 Å². The first kappa shape index (κ1) is 37.9. The van der Waals surface area contributed by atoms with E-state index in [0.717, 1.165) is 66.9 Å². The fraction of sp³-hybridized carbons (Fsp3) is 0.102. The zero-order chi connectivity index (χ0) is 43.0. The molecule has 0 amide bonds. The van der Waals surface area contributed by atoms with E-state index in [1.54, 1.807) is 12.1 Å². The second kappa shape index (κ2) is 14.2. The average molecular weight is 817 g/mol. The Morgan fingerprint density at radius 1 is 0.532 bits per heavy atom. The van der Waals surface area contributed by atoms with Crippen molar-refractivity contribution in [2.75, 3.05) is 0 Å². The van der Waals surface area contributed by atoms with Crippen LogP contribution in [0.15, 0.2) is 115 Å². The Kier molecular flexibility index (Phi) is 8.68. The van der Waals surface area contributed by atoms with Gasteiger partial charge in [0.1, 0.15) is 34.9 Å². The highest BCUT2D eigenvalue weighted by Gasteiger charge is 2.31. The van der Waals surface area contributed by atoms with Crippen LogP contribution in [0.25, 0.3) is 93.7 Å². The standard InChI is InChI=1S/C49H31F3N10/c1-26-55-27(2)58-47(57-26)30-14-17-37-35-10-6-8-12-41(35)61(43(37)20-30)45-22-32(34-19-16-33(49(50,51)52)24-40(34)54-5)23-46(39(45)25-53)62-42-13-9-7-11-36(42)38-18-15-31(21-44(38)62)48-59-28(3)56-29(4)60-48/h6-24H,1-4H3. The summed E-state index contributed by atoms with van der Waals surface area (Å²) in [5, 5.41) is 15.1. The van der Waals surface area contributed by atoms with Gasteiger partial charge in [-0.05, 0) is 81.3 Å². The molecule has 0 bridgehead atoms. The SMILES string of the molecule is [C-]#[N+]c1cc(C(F)(F)F)ccc1-c1cc(-n2c3ccccc3c3ccc(-c4nc(C)nc(C)n4)cc32)c(C#N)c(-n2c3ccccc3c3ccc(-c4nc(C)nc(C)n4)cc32)c1. The van der Waals surface area contributed by atoms with E-state index in [9.17, 15) is 18.4 Å². The Hall–Kier alpha value is -8.29. The van der Waals surface area contributed by atoms with Crippen molar-refractivity contribution in [2.45, 2.75) is 33.9 Å². The molecule has 0 atom stereocenters. The van der Waals surface area contributed by atoms with Crippen LogP contribution >= 0.6 is 0 Å². The fourth-order valence-electron chi connectivity index (χ4n) is 8.51. The van der Waals surface area contributed by atoms with Crippen LogP contribution in [0.4, 0.5) is 18.9 Å². The van der Waals surface area contributed by atoms with Gasteiger partial charge in [-0.25, -0.2) is 34.7 Å². The van der Waals surface area contributed by atoms with Crippen LogP contribution in [0.3, 0.4) is 0 Å². The Morgan fingerprint density at radius 2 is 0.984 bits per heavy atom. The van der Waals surface area contributed by atoms with Gasteiger partial charge < -0.3 is 9.13 Å². The minimum Gasteiger partial charge on any atom is -0.308 e. The van der Waals surface area contributed by atoms with Crippen LogP contribution in [-0.4, -0.2) is 39.0 Å². The van der Waals surface area contributed by atoms with Crippen molar-refractivity contribution in [3.8, 4) is 51.3 Å². The lowest BCUT2D eigenvalue weighted by Crippen LogP contribution is -2.06. The van der Waals surface area contributed by atoms with Gasteiger partial charge in [-0.15, -0.1) is 0 Å². The molecule has 10 rings (SSSR count). The highest BCUT2D eigenvalue weighted by Crippen LogP contribution is 2.44. The maximum absolute atomic E-state index is 14.1. The number of nitrogens with zero attached hydrogens (tertiary/aromatic N) is 10. The third kappa shape index (κ3) is 6.18. The maximum Gasteiger partial charge on any atom is 0.415 e. The van der Waals surface area contributed by atoms with E-state index in [2.05, 4.69) is 40.8 Å². The summed E-state index contributed by atoms with van der Waals surface area (Å²) in [7, 11) is 0. The van der Waals surface area contributed by atoms with E-state index in [1.807, 2.05) is 122 Å². The van der Waals surface area contributed by atoms with Crippen molar-refractivity contribution < 1.29 is 13.2 Å². The average Bonchev–Trinajstić information content (AvgIpc) is 3.76. The topological polar surface area (TPSA) is 115 Å². The summed E-state index contributed by atoms with van der Waals surface area (Å²) >= 11 is 0. The molecule has 0 aliphatic rings. The number of fused-ring (bicyclic) bond motifs is 6. The Balaban J connectivity index is 1.35. The van der Waals surface area contributed by atoms with E-state index in [4.69, 9.17) is 6.57 Å².